The Morgan fingerprint density at radius 1 is 1.25 bits per heavy atom. The van der Waals surface area contributed by atoms with E-state index in [1.165, 1.54) is 12.1 Å². The van der Waals surface area contributed by atoms with Crippen molar-refractivity contribution in [1.82, 2.24) is 9.78 Å². The third kappa shape index (κ3) is 3.42. The molecule has 1 N–H and O–H groups in total. The molecule has 0 aliphatic carbocycles. The van der Waals surface area contributed by atoms with Gasteiger partial charge in [-0.05, 0) is 12.1 Å². The molecular weight excluding hydrogens is 457 g/mol. The number of aromatic nitrogens is 2. The van der Waals surface area contributed by atoms with Crippen molar-refractivity contribution < 1.29 is 32.7 Å². The van der Waals surface area contributed by atoms with Gasteiger partial charge in [0.05, 0.1) is 4.92 Å². The SMILES string of the molecule is Cn1nc(Oc2ccc([N+](=O)[O-])c(N3C(=O)c4ccccc4C3O)c2)c(Cl)c1C(F)(F)F. The number of nitro benzene ring substituents is 1. The van der Waals surface area contributed by atoms with Gasteiger partial charge < -0.3 is 9.84 Å². The summed E-state index contributed by atoms with van der Waals surface area (Å²) in [6.07, 6.45) is -6.30. The number of nitrogens with zero attached hydrogens (tertiary/aromatic N) is 4. The number of amides is 1. The fraction of sp³-hybridized carbons (Fsp3) is 0.158. The number of hydrogen-bond acceptors (Lipinski definition) is 6. The summed E-state index contributed by atoms with van der Waals surface area (Å²) < 4.78 is 45.3. The van der Waals surface area contributed by atoms with Gasteiger partial charge in [-0.15, -0.1) is 5.10 Å². The van der Waals surface area contributed by atoms with Crippen LogP contribution in [0.1, 0.15) is 27.8 Å². The van der Waals surface area contributed by atoms with Crippen molar-refractivity contribution in [3.05, 3.63) is 74.4 Å². The van der Waals surface area contributed by atoms with Crippen LogP contribution in [0.5, 0.6) is 11.6 Å². The lowest BCUT2D eigenvalue weighted by molar-refractivity contribution is -0.384. The molecule has 1 atom stereocenters. The minimum Gasteiger partial charge on any atom is -0.436 e. The predicted octanol–water partition coefficient (Wildman–Crippen LogP) is 4.44. The number of benzene rings is 2. The third-order valence-corrected chi connectivity index (χ3v) is 5.12. The van der Waals surface area contributed by atoms with E-state index in [1.54, 1.807) is 12.1 Å². The fourth-order valence-electron chi connectivity index (χ4n) is 3.41. The monoisotopic (exact) mass is 468 g/mol. The molecule has 166 valence electrons. The lowest BCUT2D eigenvalue weighted by Crippen LogP contribution is -2.28. The number of rotatable bonds is 4. The molecule has 3 aromatic rings. The number of fused-ring (bicyclic) bond motifs is 1. The molecule has 0 bridgehead atoms. The smallest absolute Gasteiger partial charge is 0.434 e. The zero-order valence-corrected chi connectivity index (χ0v) is 16.8. The number of aliphatic hydroxyl groups excluding tert-OH is 1. The first-order valence-electron chi connectivity index (χ1n) is 8.87. The lowest BCUT2D eigenvalue weighted by Gasteiger charge is -2.21. The van der Waals surface area contributed by atoms with Crippen molar-refractivity contribution in [3.8, 4) is 11.6 Å². The predicted molar refractivity (Wildman–Crippen MR) is 105 cm³/mol. The molecule has 0 fully saturated rings. The van der Waals surface area contributed by atoms with Crippen molar-refractivity contribution in [1.29, 1.82) is 0 Å². The summed E-state index contributed by atoms with van der Waals surface area (Å²) in [6.45, 7) is 0. The zero-order valence-electron chi connectivity index (χ0n) is 16.0. The first-order chi connectivity index (χ1) is 15.0. The number of nitro groups is 1. The number of aryl methyl sites for hydroxylation is 1. The minimum atomic E-state index is -4.79. The number of aliphatic hydroxyl groups is 1. The average molecular weight is 469 g/mol. The van der Waals surface area contributed by atoms with Gasteiger partial charge >= 0.3 is 6.18 Å². The quantitative estimate of drug-likeness (QED) is 0.447. The van der Waals surface area contributed by atoms with Gasteiger partial charge in [0, 0.05) is 30.3 Å². The van der Waals surface area contributed by atoms with Crippen LogP contribution in [0.3, 0.4) is 0 Å². The van der Waals surface area contributed by atoms with Gasteiger partial charge in [0.1, 0.15) is 16.5 Å². The number of carbonyl (C=O) groups excluding carboxylic acids is 1. The largest absolute Gasteiger partial charge is 0.436 e. The molecule has 1 aliphatic heterocycles. The molecule has 4 rings (SSSR count). The highest BCUT2D eigenvalue weighted by Crippen LogP contribution is 2.44. The highest BCUT2D eigenvalue weighted by molar-refractivity contribution is 6.32. The van der Waals surface area contributed by atoms with Gasteiger partial charge in [0.2, 0.25) is 0 Å². The van der Waals surface area contributed by atoms with Crippen LogP contribution < -0.4 is 9.64 Å². The first kappa shape index (κ1) is 21.6. The van der Waals surface area contributed by atoms with Crippen LogP contribution in [0, 0.1) is 10.1 Å². The molecule has 2 heterocycles. The Kier molecular flexibility index (Phi) is 5.06. The molecule has 32 heavy (non-hydrogen) atoms. The van der Waals surface area contributed by atoms with Gasteiger partial charge in [0.15, 0.2) is 11.9 Å². The number of carbonyl (C=O) groups is 1. The second-order valence-electron chi connectivity index (χ2n) is 6.73. The molecule has 1 aromatic heterocycles. The van der Waals surface area contributed by atoms with Crippen LogP contribution in [0.2, 0.25) is 5.02 Å². The topological polar surface area (TPSA) is 111 Å². The average Bonchev–Trinajstić information content (AvgIpc) is 3.14. The van der Waals surface area contributed by atoms with E-state index in [2.05, 4.69) is 5.10 Å². The normalized spacial score (nSPS) is 15.8. The third-order valence-electron chi connectivity index (χ3n) is 4.78. The number of halogens is 4. The highest BCUT2D eigenvalue weighted by Gasteiger charge is 2.41. The Morgan fingerprint density at radius 2 is 1.94 bits per heavy atom. The van der Waals surface area contributed by atoms with E-state index < -0.39 is 45.5 Å². The molecule has 1 unspecified atom stereocenters. The summed E-state index contributed by atoms with van der Waals surface area (Å²) in [5.74, 6) is -1.46. The Morgan fingerprint density at radius 3 is 2.53 bits per heavy atom. The summed E-state index contributed by atoms with van der Waals surface area (Å²) in [5, 5.41) is 24.9. The zero-order chi connectivity index (χ0) is 23.4. The van der Waals surface area contributed by atoms with Crippen molar-refractivity contribution in [2.75, 3.05) is 4.90 Å². The van der Waals surface area contributed by atoms with Crippen LogP contribution in [0.25, 0.3) is 0 Å². The second kappa shape index (κ2) is 7.50. The van der Waals surface area contributed by atoms with Gasteiger partial charge in [0.25, 0.3) is 17.5 Å². The van der Waals surface area contributed by atoms with E-state index in [4.69, 9.17) is 16.3 Å². The maximum absolute atomic E-state index is 13.1. The van der Waals surface area contributed by atoms with E-state index in [1.807, 2.05) is 0 Å². The van der Waals surface area contributed by atoms with E-state index >= 15 is 0 Å². The summed E-state index contributed by atoms with van der Waals surface area (Å²) in [7, 11) is 1.03. The minimum absolute atomic E-state index is 0.156. The number of hydrogen-bond donors (Lipinski definition) is 1. The molecule has 1 aliphatic rings. The molecule has 0 saturated carbocycles. The number of anilines is 1. The number of alkyl halides is 3. The summed E-state index contributed by atoms with van der Waals surface area (Å²) in [5.41, 5.74) is -1.68. The Labute approximate surface area is 182 Å². The molecule has 0 saturated heterocycles. The van der Waals surface area contributed by atoms with Crippen molar-refractivity contribution in [3.63, 3.8) is 0 Å². The van der Waals surface area contributed by atoms with Gasteiger partial charge in [-0.3, -0.25) is 24.5 Å². The molecular formula is C19H12ClF3N4O5. The Balaban J connectivity index is 1.77. The van der Waals surface area contributed by atoms with Crippen LogP contribution in [-0.2, 0) is 13.2 Å². The molecule has 13 heteroatoms. The van der Waals surface area contributed by atoms with E-state index in [9.17, 15) is 33.2 Å². The van der Waals surface area contributed by atoms with Crippen LogP contribution in [0.4, 0.5) is 24.5 Å². The van der Waals surface area contributed by atoms with Crippen LogP contribution in [0.15, 0.2) is 42.5 Å². The van der Waals surface area contributed by atoms with Gasteiger partial charge in [-0.25, -0.2) is 0 Å². The summed E-state index contributed by atoms with van der Waals surface area (Å²) in [4.78, 5) is 24.4. The standard InChI is InChI=1S/C19H12ClF3N4O5/c1-25-15(19(21,22)23)14(20)16(24-25)32-9-6-7-12(27(30)31)13(8-9)26-17(28)10-4-2-3-5-11(10)18(26)29/h2-8,17,28H,1H3. The van der Waals surface area contributed by atoms with Crippen LogP contribution in [-0.4, -0.2) is 25.7 Å². The highest BCUT2D eigenvalue weighted by atomic mass is 35.5. The lowest BCUT2D eigenvalue weighted by atomic mass is 10.1. The van der Waals surface area contributed by atoms with Gasteiger partial charge in [-0.2, -0.15) is 13.2 Å². The maximum atomic E-state index is 13.1. The summed E-state index contributed by atoms with van der Waals surface area (Å²) >= 11 is 5.78. The second-order valence-corrected chi connectivity index (χ2v) is 7.11. The molecule has 0 spiro atoms. The molecule has 0 radical (unpaired) electrons. The van der Waals surface area contributed by atoms with E-state index in [-0.39, 0.29) is 22.6 Å². The Hall–Kier alpha value is -3.64. The van der Waals surface area contributed by atoms with Crippen LogP contribution >= 0.6 is 11.6 Å². The van der Waals surface area contributed by atoms with E-state index in [0.717, 1.165) is 30.1 Å². The fourth-order valence-corrected chi connectivity index (χ4v) is 3.72. The number of ether oxygens (including phenoxy) is 1. The van der Waals surface area contributed by atoms with E-state index in [0.29, 0.717) is 4.68 Å². The first-order valence-corrected chi connectivity index (χ1v) is 9.25. The summed E-state index contributed by atoms with van der Waals surface area (Å²) in [6, 6.07) is 9.27. The molecule has 2 aromatic carbocycles. The van der Waals surface area contributed by atoms with Gasteiger partial charge in [-0.1, -0.05) is 29.8 Å². The van der Waals surface area contributed by atoms with Crippen molar-refractivity contribution in [2.24, 2.45) is 7.05 Å². The molecule has 9 nitrogen and oxygen atoms in total. The molecule has 1 amide bonds. The Bertz CT molecular complexity index is 1260. The van der Waals surface area contributed by atoms with Crippen molar-refractivity contribution >= 4 is 28.9 Å². The maximum Gasteiger partial charge on any atom is 0.434 e. The van der Waals surface area contributed by atoms with Crippen molar-refractivity contribution in [2.45, 2.75) is 12.4 Å².